The molecule has 0 saturated carbocycles. The normalized spacial score (nSPS) is 10.9. The number of carbonyl (C=O) groups is 1. The van der Waals surface area contributed by atoms with Gasteiger partial charge in [-0.3, -0.25) is 9.48 Å². The number of nitrogens with one attached hydrogen (secondary N) is 1. The molecule has 6 heteroatoms. The number of hydrogen-bond acceptors (Lipinski definition) is 4. The second-order valence-corrected chi connectivity index (χ2v) is 5.83. The second-order valence-electron chi connectivity index (χ2n) is 4.80. The monoisotopic (exact) mass is 293 g/mol. The highest BCUT2D eigenvalue weighted by molar-refractivity contribution is 7.20. The third kappa shape index (κ3) is 3.26. The Kier molecular flexibility index (Phi) is 4.57. The fourth-order valence-corrected chi connectivity index (χ4v) is 2.93. The van der Waals surface area contributed by atoms with E-state index in [1.54, 1.807) is 0 Å². The number of ether oxygens (including phenoxy) is 1. The molecule has 0 bridgehead atoms. The van der Waals surface area contributed by atoms with E-state index in [4.69, 9.17) is 4.74 Å². The first kappa shape index (κ1) is 14.7. The molecular weight excluding hydrogens is 274 g/mol. The number of aryl methyl sites for hydroxylation is 2. The molecule has 0 aliphatic rings. The lowest BCUT2D eigenvalue weighted by Gasteiger charge is -2.05. The molecule has 1 amide bonds. The van der Waals surface area contributed by atoms with Crippen LogP contribution in [0.15, 0.2) is 18.2 Å². The summed E-state index contributed by atoms with van der Waals surface area (Å²) in [5.74, 6) is -0.0653. The van der Waals surface area contributed by atoms with Crippen molar-refractivity contribution < 1.29 is 9.53 Å². The lowest BCUT2D eigenvalue weighted by Crippen LogP contribution is -2.26. The van der Waals surface area contributed by atoms with Gasteiger partial charge in [0.1, 0.15) is 4.83 Å². The van der Waals surface area contributed by atoms with Crippen molar-refractivity contribution in [1.82, 2.24) is 15.1 Å². The molecule has 108 valence electrons. The quantitative estimate of drug-likeness (QED) is 0.656. The first-order valence-electron chi connectivity index (χ1n) is 6.42. The molecule has 1 N–H and O–H groups in total. The highest BCUT2D eigenvalue weighted by Crippen LogP contribution is 2.27. The van der Waals surface area contributed by atoms with Crippen LogP contribution in [0.3, 0.4) is 0 Å². The Bertz CT molecular complexity index is 608. The van der Waals surface area contributed by atoms with Crippen molar-refractivity contribution in [2.75, 3.05) is 19.8 Å². The molecule has 0 atom stereocenters. The summed E-state index contributed by atoms with van der Waals surface area (Å²) in [6.45, 7) is 9.13. The minimum Gasteiger partial charge on any atom is -0.375 e. The van der Waals surface area contributed by atoms with Crippen LogP contribution in [0.25, 0.3) is 10.2 Å². The summed E-state index contributed by atoms with van der Waals surface area (Å²) in [5, 5.41) is 8.21. The van der Waals surface area contributed by atoms with Gasteiger partial charge in [-0.25, -0.2) is 0 Å². The van der Waals surface area contributed by atoms with Crippen molar-refractivity contribution in [3.8, 4) is 0 Å². The number of aromatic nitrogens is 2. The first-order valence-corrected chi connectivity index (χ1v) is 7.24. The van der Waals surface area contributed by atoms with Crippen LogP contribution in [0, 0.1) is 6.92 Å². The number of nitrogens with zero attached hydrogens (tertiary/aromatic N) is 2. The Morgan fingerprint density at radius 2 is 2.35 bits per heavy atom. The van der Waals surface area contributed by atoms with Crippen LogP contribution in [0.5, 0.6) is 0 Å². The van der Waals surface area contributed by atoms with Crippen molar-refractivity contribution in [3.05, 3.63) is 28.8 Å². The van der Waals surface area contributed by atoms with Crippen LogP contribution in [-0.2, 0) is 11.8 Å². The zero-order chi connectivity index (χ0) is 14.7. The minimum atomic E-state index is -0.0653. The van der Waals surface area contributed by atoms with E-state index in [0.29, 0.717) is 24.6 Å². The summed E-state index contributed by atoms with van der Waals surface area (Å²) in [6, 6.07) is 1.90. The third-order valence-electron chi connectivity index (χ3n) is 2.80. The molecule has 0 radical (unpaired) electrons. The number of rotatable bonds is 6. The van der Waals surface area contributed by atoms with Crippen LogP contribution < -0.4 is 5.32 Å². The average molecular weight is 293 g/mol. The molecule has 20 heavy (non-hydrogen) atoms. The lowest BCUT2D eigenvalue weighted by atomic mass is 10.3. The van der Waals surface area contributed by atoms with Crippen molar-refractivity contribution in [2.24, 2.45) is 7.05 Å². The van der Waals surface area contributed by atoms with Crippen molar-refractivity contribution in [2.45, 2.75) is 13.8 Å². The number of amides is 1. The van der Waals surface area contributed by atoms with Gasteiger partial charge in [0.2, 0.25) is 0 Å². The van der Waals surface area contributed by atoms with Gasteiger partial charge in [0, 0.05) is 19.0 Å². The van der Waals surface area contributed by atoms with E-state index in [9.17, 15) is 4.79 Å². The molecular formula is C14H19N3O2S. The van der Waals surface area contributed by atoms with E-state index in [0.717, 1.165) is 21.5 Å². The highest BCUT2D eigenvalue weighted by atomic mass is 32.1. The fraction of sp³-hybridized carbons (Fsp3) is 0.429. The summed E-state index contributed by atoms with van der Waals surface area (Å²) < 4.78 is 7.15. The molecule has 0 unspecified atom stereocenters. The van der Waals surface area contributed by atoms with Crippen molar-refractivity contribution >= 4 is 27.5 Å². The van der Waals surface area contributed by atoms with Gasteiger partial charge in [-0.05, 0) is 19.9 Å². The van der Waals surface area contributed by atoms with Gasteiger partial charge in [0.25, 0.3) is 5.91 Å². The minimum absolute atomic E-state index is 0.0653. The number of thiophene rings is 1. The molecule has 2 aromatic rings. The zero-order valence-corrected chi connectivity index (χ0v) is 12.8. The van der Waals surface area contributed by atoms with E-state index in [2.05, 4.69) is 17.0 Å². The van der Waals surface area contributed by atoms with E-state index in [1.807, 2.05) is 31.6 Å². The maximum absolute atomic E-state index is 12.0. The van der Waals surface area contributed by atoms with Gasteiger partial charge in [0.05, 0.1) is 23.8 Å². The van der Waals surface area contributed by atoms with E-state index < -0.39 is 0 Å². The predicted molar refractivity (Wildman–Crippen MR) is 81.3 cm³/mol. The smallest absolute Gasteiger partial charge is 0.261 e. The van der Waals surface area contributed by atoms with Gasteiger partial charge in [0.15, 0.2) is 0 Å². The van der Waals surface area contributed by atoms with Gasteiger partial charge in [-0.2, -0.15) is 5.10 Å². The average Bonchev–Trinajstić information content (AvgIpc) is 2.91. The Morgan fingerprint density at radius 1 is 1.60 bits per heavy atom. The zero-order valence-electron chi connectivity index (χ0n) is 12.0. The Balaban J connectivity index is 1.91. The summed E-state index contributed by atoms with van der Waals surface area (Å²) >= 11 is 1.46. The maximum atomic E-state index is 12.0. The Labute approximate surface area is 122 Å². The molecule has 0 aliphatic heterocycles. The molecule has 2 heterocycles. The van der Waals surface area contributed by atoms with Crippen molar-refractivity contribution in [1.29, 1.82) is 0 Å². The molecule has 0 spiro atoms. The van der Waals surface area contributed by atoms with Gasteiger partial charge >= 0.3 is 0 Å². The lowest BCUT2D eigenvalue weighted by molar-refractivity contribution is 0.0931. The molecule has 0 aliphatic carbocycles. The van der Waals surface area contributed by atoms with E-state index >= 15 is 0 Å². The first-order chi connectivity index (χ1) is 9.49. The third-order valence-corrected chi connectivity index (χ3v) is 4.00. The van der Waals surface area contributed by atoms with Crippen molar-refractivity contribution in [3.63, 3.8) is 0 Å². The topological polar surface area (TPSA) is 56.1 Å². The maximum Gasteiger partial charge on any atom is 0.261 e. The molecule has 0 saturated heterocycles. The molecule has 5 nitrogen and oxygen atoms in total. The SMILES string of the molecule is C=C(C)COCCNC(=O)c1cc2c(C)nn(C)c2s1. The van der Waals surface area contributed by atoms with Gasteiger partial charge < -0.3 is 10.1 Å². The van der Waals surface area contributed by atoms with Crippen LogP contribution in [0.1, 0.15) is 22.3 Å². The Hall–Kier alpha value is -1.66. The fourth-order valence-electron chi connectivity index (χ4n) is 1.89. The van der Waals surface area contributed by atoms with E-state index in [1.165, 1.54) is 11.3 Å². The molecule has 0 fully saturated rings. The molecule has 2 rings (SSSR count). The summed E-state index contributed by atoms with van der Waals surface area (Å²) in [4.78, 5) is 13.8. The summed E-state index contributed by atoms with van der Waals surface area (Å²) in [7, 11) is 1.89. The number of carbonyl (C=O) groups excluding carboxylic acids is 1. The van der Waals surface area contributed by atoms with Crippen LogP contribution >= 0.6 is 11.3 Å². The number of hydrogen-bond donors (Lipinski definition) is 1. The van der Waals surface area contributed by atoms with Crippen LogP contribution in [0.2, 0.25) is 0 Å². The molecule has 0 aromatic carbocycles. The van der Waals surface area contributed by atoms with Gasteiger partial charge in [-0.1, -0.05) is 12.2 Å². The molecule has 2 aromatic heterocycles. The van der Waals surface area contributed by atoms with Crippen LogP contribution in [0.4, 0.5) is 0 Å². The highest BCUT2D eigenvalue weighted by Gasteiger charge is 2.14. The van der Waals surface area contributed by atoms with Crippen LogP contribution in [-0.4, -0.2) is 35.4 Å². The predicted octanol–water partition coefficient (Wildman–Crippen LogP) is 2.27. The largest absolute Gasteiger partial charge is 0.375 e. The summed E-state index contributed by atoms with van der Waals surface area (Å²) in [6.07, 6.45) is 0. The summed E-state index contributed by atoms with van der Waals surface area (Å²) in [5.41, 5.74) is 1.92. The van der Waals surface area contributed by atoms with E-state index in [-0.39, 0.29) is 5.91 Å². The van der Waals surface area contributed by atoms with Gasteiger partial charge in [-0.15, -0.1) is 11.3 Å². The second kappa shape index (κ2) is 6.19. The number of fused-ring (bicyclic) bond motifs is 1. The standard InChI is InChI=1S/C14H19N3O2S/c1-9(2)8-19-6-5-15-13(18)12-7-11-10(3)16-17(4)14(11)20-12/h7H,1,5-6,8H2,2-4H3,(H,15,18). The Morgan fingerprint density at radius 3 is 3.00 bits per heavy atom.